The number of nitrogen functional groups attached to an aromatic ring is 1. The van der Waals surface area contributed by atoms with Crippen molar-refractivity contribution in [2.45, 2.75) is 33.2 Å². The van der Waals surface area contributed by atoms with E-state index in [0.29, 0.717) is 11.5 Å². The van der Waals surface area contributed by atoms with Gasteiger partial charge in [-0.05, 0) is 31.7 Å². The summed E-state index contributed by atoms with van der Waals surface area (Å²) < 4.78 is 0. The lowest BCUT2D eigenvalue weighted by atomic mass is 10.1. The molecule has 0 aliphatic heterocycles. The van der Waals surface area contributed by atoms with Crippen molar-refractivity contribution < 1.29 is 4.79 Å². The van der Waals surface area contributed by atoms with Crippen molar-refractivity contribution in [1.82, 2.24) is 9.88 Å². The fraction of sp³-hybridized carbons (Fsp3) is 0.375. The Labute approximate surface area is 119 Å². The van der Waals surface area contributed by atoms with Gasteiger partial charge in [-0.2, -0.15) is 0 Å². The minimum Gasteiger partial charge on any atom is -0.383 e. The molecule has 0 unspecified atom stereocenters. The van der Waals surface area contributed by atoms with Crippen LogP contribution in [0.15, 0.2) is 30.3 Å². The fourth-order valence-electron chi connectivity index (χ4n) is 2.32. The molecule has 1 heterocycles. The zero-order chi connectivity index (χ0) is 14.7. The molecule has 4 heteroatoms. The highest BCUT2D eigenvalue weighted by Gasteiger charge is 2.20. The average molecular weight is 271 g/mol. The monoisotopic (exact) mass is 271 g/mol. The number of nitrogens with zero attached hydrogens (tertiary/aromatic N) is 2. The Bertz CT molecular complexity index is 622. The zero-order valence-electron chi connectivity index (χ0n) is 12.3. The summed E-state index contributed by atoms with van der Waals surface area (Å²) in [4.78, 5) is 18.7. The predicted octanol–water partition coefficient (Wildman–Crippen LogP) is 3.08. The summed E-state index contributed by atoms with van der Waals surface area (Å²) in [5.74, 6) is 0.353. The molecule has 2 rings (SSSR count). The van der Waals surface area contributed by atoms with Gasteiger partial charge in [0.2, 0.25) is 0 Å². The number of amides is 1. The van der Waals surface area contributed by atoms with Gasteiger partial charge in [0, 0.05) is 18.0 Å². The summed E-state index contributed by atoms with van der Waals surface area (Å²) in [6.45, 7) is 6.81. The number of fused-ring (bicyclic) bond motifs is 1. The molecule has 0 saturated carbocycles. The van der Waals surface area contributed by atoms with Crippen molar-refractivity contribution in [3.8, 4) is 0 Å². The Kier molecular flexibility index (Phi) is 4.23. The molecule has 0 aliphatic rings. The van der Waals surface area contributed by atoms with E-state index in [1.165, 1.54) is 0 Å². The predicted molar refractivity (Wildman–Crippen MR) is 82.6 cm³/mol. The number of carbonyl (C=O) groups excluding carboxylic acids is 1. The summed E-state index contributed by atoms with van der Waals surface area (Å²) in [5.41, 5.74) is 6.38. The van der Waals surface area contributed by atoms with E-state index in [0.717, 1.165) is 23.7 Å². The fourth-order valence-corrected chi connectivity index (χ4v) is 2.32. The second-order valence-electron chi connectivity index (χ2n) is 5.21. The number of nitrogens with two attached hydrogens (primary N) is 1. The van der Waals surface area contributed by atoms with Crippen molar-refractivity contribution in [3.05, 3.63) is 36.0 Å². The molecular formula is C16H21N3O. The lowest BCUT2D eigenvalue weighted by Crippen LogP contribution is -2.38. The van der Waals surface area contributed by atoms with Crippen molar-refractivity contribution in [1.29, 1.82) is 0 Å². The van der Waals surface area contributed by atoms with Crippen molar-refractivity contribution in [3.63, 3.8) is 0 Å². The molecule has 1 aromatic heterocycles. The Hall–Kier alpha value is -2.10. The Morgan fingerprint density at radius 1 is 1.35 bits per heavy atom. The summed E-state index contributed by atoms with van der Waals surface area (Å²) in [7, 11) is 0. The van der Waals surface area contributed by atoms with Gasteiger partial charge in [-0.1, -0.05) is 31.2 Å². The molecule has 0 spiro atoms. The quantitative estimate of drug-likeness (QED) is 0.929. The van der Waals surface area contributed by atoms with Gasteiger partial charge in [0.05, 0.1) is 0 Å². The number of carbonyl (C=O) groups is 1. The normalized spacial score (nSPS) is 11.0. The number of pyridine rings is 1. The third-order valence-corrected chi connectivity index (χ3v) is 3.34. The molecule has 20 heavy (non-hydrogen) atoms. The van der Waals surface area contributed by atoms with Crippen LogP contribution < -0.4 is 5.73 Å². The van der Waals surface area contributed by atoms with Crippen LogP contribution in [-0.2, 0) is 0 Å². The van der Waals surface area contributed by atoms with E-state index in [1.807, 2.05) is 49.1 Å². The average Bonchev–Trinajstić information content (AvgIpc) is 2.43. The van der Waals surface area contributed by atoms with Gasteiger partial charge in [0.15, 0.2) is 0 Å². The number of hydrogen-bond donors (Lipinski definition) is 1. The van der Waals surface area contributed by atoms with Crippen LogP contribution in [0.3, 0.4) is 0 Å². The molecule has 0 atom stereocenters. The summed E-state index contributed by atoms with van der Waals surface area (Å²) in [6.07, 6.45) is 0.924. The summed E-state index contributed by atoms with van der Waals surface area (Å²) >= 11 is 0. The van der Waals surface area contributed by atoms with E-state index in [-0.39, 0.29) is 11.9 Å². The highest BCUT2D eigenvalue weighted by Crippen LogP contribution is 2.21. The van der Waals surface area contributed by atoms with Crippen LogP contribution >= 0.6 is 0 Å². The maximum Gasteiger partial charge on any atom is 0.272 e. The van der Waals surface area contributed by atoms with Crippen LogP contribution in [0.4, 0.5) is 5.82 Å². The minimum absolute atomic E-state index is 0.0562. The van der Waals surface area contributed by atoms with Crippen molar-refractivity contribution in [2.24, 2.45) is 0 Å². The first-order chi connectivity index (χ1) is 9.54. The standard InChI is InChI=1S/C16H21N3O/c1-4-9-19(11(2)3)16(20)14-10-12-7-5-6-8-13(12)15(17)18-14/h5-8,10-11H,4,9H2,1-3H3,(H2,17,18). The van der Waals surface area contributed by atoms with Crippen LogP contribution in [0.1, 0.15) is 37.7 Å². The molecule has 106 valence electrons. The SMILES string of the molecule is CCCN(C(=O)c1cc2ccccc2c(N)n1)C(C)C. The van der Waals surface area contributed by atoms with Crippen molar-refractivity contribution in [2.75, 3.05) is 12.3 Å². The molecule has 0 aliphatic carbocycles. The number of aromatic nitrogens is 1. The first-order valence-electron chi connectivity index (χ1n) is 7.00. The van der Waals surface area contributed by atoms with Crippen LogP contribution in [0.5, 0.6) is 0 Å². The highest BCUT2D eigenvalue weighted by atomic mass is 16.2. The number of rotatable bonds is 4. The topological polar surface area (TPSA) is 59.2 Å². The summed E-state index contributed by atoms with van der Waals surface area (Å²) in [6, 6.07) is 9.68. The molecule has 1 aromatic carbocycles. The molecular weight excluding hydrogens is 250 g/mol. The van der Waals surface area contributed by atoms with E-state index < -0.39 is 0 Å². The van der Waals surface area contributed by atoms with Gasteiger partial charge in [-0.3, -0.25) is 4.79 Å². The summed E-state index contributed by atoms with van der Waals surface area (Å²) in [5, 5.41) is 1.83. The van der Waals surface area contributed by atoms with Gasteiger partial charge in [-0.25, -0.2) is 4.98 Å². The minimum atomic E-state index is -0.0562. The van der Waals surface area contributed by atoms with Gasteiger partial charge >= 0.3 is 0 Å². The molecule has 0 bridgehead atoms. The maximum absolute atomic E-state index is 12.6. The molecule has 2 N–H and O–H groups in total. The van der Waals surface area contributed by atoms with Gasteiger partial charge in [0.1, 0.15) is 11.5 Å². The smallest absolute Gasteiger partial charge is 0.272 e. The van der Waals surface area contributed by atoms with E-state index in [2.05, 4.69) is 11.9 Å². The van der Waals surface area contributed by atoms with Gasteiger partial charge in [0.25, 0.3) is 5.91 Å². The highest BCUT2D eigenvalue weighted by molar-refractivity contribution is 5.99. The Morgan fingerprint density at radius 3 is 2.70 bits per heavy atom. The maximum atomic E-state index is 12.6. The zero-order valence-corrected chi connectivity index (χ0v) is 12.3. The van der Waals surface area contributed by atoms with Crippen molar-refractivity contribution >= 4 is 22.5 Å². The number of hydrogen-bond acceptors (Lipinski definition) is 3. The van der Waals surface area contributed by atoms with E-state index in [9.17, 15) is 4.79 Å². The number of benzene rings is 1. The van der Waals surface area contributed by atoms with Crippen LogP contribution in [0.2, 0.25) is 0 Å². The molecule has 1 amide bonds. The van der Waals surface area contributed by atoms with Gasteiger partial charge in [-0.15, -0.1) is 0 Å². The Balaban J connectivity index is 2.44. The van der Waals surface area contributed by atoms with Crippen LogP contribution in [-0.4, -0.2) is 28.4 Å². The third kappa shape index (κ3) is 2.74. The first-order valence-corrected chi connectivity index (χ1v) is 7.00. The first kappa shape index (κ1) is 14.3. The molecule has 0 saturated heterocycles. The molecule has 0 radical (unpaired) electrons. The lowest BCUT2D eigenvalue weighted by molar-refractivity contribution is 0.0700. The molecule has 0 fully saturated rings. The van der Waals surface area contributed by atoms with E-state index in [4.69, 9.17) is 5.73 Å². The molecule has 4 nitrogen and oxygen atoms in total. The largest absolute Gasteiger partial charge is 0.383 e. The number of anilines is 1. The van der Waals surface area contributed by atoms with E-state index in [1.54, 1.807) is 0 Å². The lowest BCUT2D eigenvalue weighted by Gasteiger charge is -2.26. The molecule has 2 aromatic rings. The van der Waals surface area contributed by atoms with Crippen LogP contribution in [0.25, 0.3) is 10.8 Å². The van der Waals surface area contributed by atoms with Gasteiger partial charge < -0.3 is 10.6 Å². The van der Waals surface area contributed by atoms with E-state index >= 15 is 0 Å². The van der Waals surface area contributed by atoms with Crippen LogP contribution in [0, 0.1) is 0 Å². The second kappa shape index (κ2) is 5.90. The third-order valence-electron chi connectivity index (χ3n) is 3.34. The second-order valence-corrected chi connectivity index (χ2v) is 5.21. The Morgan fingerprint density at radius 2 is 2.05 bits per heavy atom.